The van der Waals surface area contributed by atoms with Gasteiger partial charge in [0.2, 0.25) is 0 Å². The number of sulfone groups is 1. The van der Waals surface area contributed by atoms with Gasteiger partial charge in [-0.2, -0.15) is 0 Å². The fourth-order valence-corrected chi connectivity index (χ4v) is 5.40. The van der Waals surface area contributed by atoms with E-state index in [4.69, 9.17) is 0 Å². The summed E-state index contributed by atoms with van der Waals surface area (Å²) in [5.74, 6) is -0.938. The molecule has 1 aliphatic heterocycles. The average Bonchev–Trinajstić information content (AvgIpc) is 2.77. The van der Waals surface area contributed by atoms with E-state index in [1.165, 1.54) is 11.3 Å². The minimum absolute atomic E-state index is 0.152. The van der Waals surface area contributed by atoms with E-state index in [2.05, 4.69) is 4.98 Å². The molecule has 0 radical (unpaired) electrons. The third-order valence-corrected chi connectivity index (χ3v) is 6.97. The second-order valence-corrected chi connectivity index (χ2v) is 8.95. The molecule has 0 amide bonds. The monoisotopic (exact) mass is 330 g/mol. The normalized spacial score (nSPS) is 25.1. The minimum atomic E-state index is -2.95. The molecular formula is C13H18N2O4S2. The van der Waals surface area contributed by atoms with Gasteiger partial charge in [-0.05, 0) is 25.7 Å². The van der Waals surface area contributed by atoms with Gasteiger partial charge < -0.3 is 10.0 Å². The quantitative estimate of drug-likeness (QED) is 0.879. The fourth-order valence-electron chi connectivity index (χ4n) is 2.91. The molecule has 0 aromatic carbocycles. The zero-order chi connectivity index (χ0) is 15.0. The van der Waals surface area contributed by atoms with E-state index in [1.807, 2.05) is 4.90 Å². The smallest absolute Gasteiger partial charge is 0.312 e. The van der Waals surface area contributed by atoms with Gasteiger partial charge in [0.15, 0.2) is 15.0 Å². The summed E-state index contributed by atoms with van der Waals surface area (Å²) >= 11 is 1.53. The predicted molar refractivity (Wildman–Crippen MR) is 80.9 cm³/mol. The van der Waals surface area contributed by atoms with Gasteiger partial charge in [-0.1, -0.05) is 0 Å². The molecular weight excluding hydrogens is 312 g/mol. The zero-order valence-electron chi connectivity index (χ0n) is 11.6. The third-order valence-electron chi connectivity index (χ3n) is 4.07. The van der Waals surface area contributed by atoms with Crippen molar-refractivity contribution in [3.8, 4) is 0 Å². The van der Waals surface area contributed by atoms with Crippen molar-refractivity contribution < 1.29 is 18.3 Å². The number of hydrogen-bond donors (Lipinski definition) is 1. The molecule has 6 nitrogen and oxygen atoms in total. The number of carboxylic acids is 1. The Labute approximate surface area is 127 Å². The number of thiazole rings is 1. The largest absolute Gasteiger partial charge is 0.481 e. The maximum absolute atomic E-state index is 11.7. The lowest BCUT2D eigenvalue weighted by molar-refractivity contribution is -0.139. The van der Waals surface area contributed by atoms with Crippen molar-refractivity contribution in [1.29, 1.82) is 0 Å². The number of fused-ring (bicyclic) bond motifs is 1. The number of aryl methyl sites for hydroxylation is 1. The standard InChI is InChI=1S/C13H18N2O4S2/c16-12(17)9-3-1-4-10-11(9)14-13(20-10)15-5-2-7-21(18,19)8-6-15/h9H,1-8H2,(H,16,17). The second-order valence-electron chi connectivity index (χ2n) is 5.58. The molecule has 1 N–H and O–H groups in total. The van der Waals surface area contributed by atoms with Crippen LogP contribution in [0.1, 0.15) is 35.8 Å². The van der Waals surface area contributed by atoms with Crippen LogP contribution < -0.4 is 4.90 Å². The van der Waals surface area contributed by atoms with E-state index in [-0.39, 0.29) is 11.5 Å². The highest BCUT2D eigenvalue weighted by Gasteiger charge is 2.31. The number of nitrogens with zero attached hydrogens (tertiary/aromatic N) is 2. The number of carbonyl (C=O) groups is 1. The van der Waals surface area contributed by atoms with Gasteiger partial charge in [0.1, 0.15) is 5.92 Å². The Balaban J connectivity index is 1.85. The van der Waals surface area contributed by atoms with Crippen LogP contribution in [0.4, 0.5) is 5.13 Å². The maximum Gasteiger partial charge on any atom is 0.312 e. The number of aromatic nitrogens is 1. The Morgan fingerprint density at radius 2 is 2.10 bits per heavy atom. The highest BCUT2D eigenvalue weighted by Crippen LogP contribution is 2.38. The van der Waals surface area contributed by atoms with Crippen molar-refractivity contribution in [2.45, 2.75) is 31.6 Å². The van der Waals surface area contributed by atoms with Gasteiger partial charge in [-0.25, -0.2) is 13.4 Å². The van der Waals surface area contributed by atoms with Crippen molar-refractivity contribution in [2.24, 2.45) is 0 Å². The summed E-state index contributed by atoms with van der Waals surface area (Å²) in [6, 6.07) is 0. The molecule has 1 aromatic heterocycles. The predicted octanol–water partition coefficient (Wildman–Crippen LogP) is 1.27. The summed E-state index contributed by atoms with van der Waals surface area (Å²) in [6.45, 7) is 1.12. The Kier molecular flexibility index (Phi) is 3.92. The Morgan fingerprint density at radius 3 is 2.86 bits per heavy atom. The first-order valence-corrected chi connectivity index (χ1v) is 9.78. The molecule has 2 heterocycles. The highest BCUT2D eigenvalue weighted by atomic mass is 32.2. The van der Waals surface area contributed by atoms with Gasteiger partial charge in [0.05, 0.1) is 17.2 Å². The van der Waals surface area contributed by atoms with Crippen LogP contribution in [-0.4, -0.2) is 49.1 Å². The lowest BCUT2D eigenvalue weighted by atomic mass is 9.91. The van der Waals surface area contributed by atoms with Crippen LogP contribution in [0.25, 0.3) is 0 Å². The highest BCUT2D eigenvalue weighted by molar-refractivity contribution is 7.91. The summed E-state index contributed by atoms with van der Waals surface area (Å²) < 4.78 is 23.3. The summed E-state index contributed by atoms with van der Waals surface area (Å²) in [7, 11) is -2.95. The zero-order valence-corrected chi connectivity index (χ0v) is 13.3. The van der Waals surface area contributed by atoms with Crippen molar-refractivity contribution in [2.75, 3.05) is 29.5 Å². The summed E-state index contributed by atoms with van der Waals surface area (Å²) in [5, 5.41) is 10.1. The molecule has 21 heavy (non-hydrogen) atoms. The van der Waals surface area contributed by atoms with Gasteiger partial charge in [0.25, 0.3) is 0 Å². The number of aliphatic carboxylic acids is 1. The van der Waals surface area contributed by atoms with Crippen LogP contribution in [0, 0.1) is 0 Å². The number of anilines is 1. The minimum Gasteiger partial charge on any atom is -0.481 e. The lowest BCUT2D eigenvalue weighted by Crippen LogP contribution is -2.26. The van der Waals surface area contributed by atoms with Gasteiger partial charge >= 0.3 is 5.97 Å². The first kappa shape index (κ1) is 14.8. The molecule has 116 valence electrons. The van der Waals surface area contributed by atoms with Crippen LogP contribution in [0.5, 0.6) is 0 Å². The van der Waals surface area contributed by atoms with Crippen LogP contribution in [0.3, 0.4) is 0 Å². The van der Waals surface area contributed by atoms with Crippen LogP contribution in [-0.2, 0) is 21.1 Å². The topological polar surface area (TPSA) is 87.6 Å². The van der Waals surface area contributed by atoms with Crippen molar-refractivity contribution in [1.82, 2.24) is 4.98 Å². The van der Waals surface area contributed by atoms with E-state index >= 15 is 0 Å². The molecule has 3 rings (SSSR count). The van der Waals surface area contributed by atoms with E-state index in [9.17, 15) is 18.3 Å². The Bertz CT molecular complexity index is 653. The third kappa shape index (κ3) is 3.06. The van der Waals surface area contributed by atoms with Gasteiger partial charge in [-0.3, -0.25) is 4.79 Å². The second kappa shape index (κ2) is 5.57. The molecule has 0 spiro atoms. The van der Waals surface area contributed by atoms with E-state index in [0.29, 0.717) is 31.6 Å². The van der Waals surface area contributed by atoms with Gasteiger partial charge in [0, 0.05) is 18.0 Å². The Morgan fingerprint density at radius 1 is 1.29 bits per heavy atom. The number of hydrogen-bond acceptors (Lipinski definition) is 6. The molecule has 1 unspecified atom stereocenters. The Hall–Kier alpha value is -1.15. The molecule has 1 saturated heterocycles. The van der Waals surface area contributed by atoms with Crippen LogP contribution >= 0.6 is 11.3 Å². The molecule has 1 aliphatic carbocycles. The van der Waals surface area contributed by atoms with E-state index in [1.54, 1.807) is 0 Å². The maximum atomic E-state index is 11.7. The molecule has 0 bridgehead atoms. The van der Waals surface area contributed by atoms with Crippen LogP contribution in [0.15, 0.2) is 0 Å². The van der Waals surface area contributed by atoms with Crippen LogP contribution in [0.2, 0.25) is 0 Å². The summed E-state index contributed by atoms with van der Waals surface area (Å²) in [4.78, 5) is 18.9. The molecule has 8 heteroatoms. The number of carboxylic acid groups (broad SMARTS) is 1. The molecule has 1 atom stereocenters. The molecule has 0 saturated carbocycles. The van der Waals surface area contributed by atoms with Crippen molar-refractivity contribution in [3.05, 3.63) is 10.6 Å². The van der Waals surface area contributed by atoms with Gasteiger partial charge in [-0.15, -0.1) is 11.3 Å². The van der Waals surface area contributed by atoms with Crippen molar-refractivity contribution >= 4 is 32.3 Å². The molecule has 1 fully saturated rings. The first-order valence-electron chi connectivity index (χ1n) is 7.14. The first-order chi connectivity index (χ1) is 9.96. The van der Waals surface area contributed by atoms with Crippen molar-refractivity contribution in [3.63, 3.8) is 0 Å². The lowest BCUT2D eigenvalue weighted by Gasteiger charge is -2.18. The number of rotatable bonds is 2. The summed E-state index contributed by atoms with van der Waals surface area (Å²) in [5.41, 5.74) is 0.695. The molecule has 1 aromatic rings. The fraction of sp³-hybridized carbons (Fsp3) is 0.692. The average molecular weight is 330 g/mol. The van der Waals surface area contributed by atoms with E-state index < -0.39 is 21.7 Å². The summed E-state index contributed by atoms with van der Waals surface area (Å²) in [6.07, 6.45) is 3.00. The van der Waals surface area contributed by atoms with E-state index in [0.717, 1.165) is 22.9 Å². The molecule has 2 aliphatic rings. The SMILES string of the molecule is O=C(O)C1CCCc2sc(N3CCCS(=O)(=O)CC3)nc21.